The van der Waals surface area contributed by atoms with Crippen molar-refractivity contribution in [1.82, 2.24) is 10.2 Å². The van der Waals surface area contributed by atoms with Crippen molar-refractivity contribution in [1.29, 1.82) is 0 Å². The summed E-state index contributed by atoms with van der Waals surface area (Å²) >= 11 is 6.03. The number of carbonyl (C=O) groups is 1. The molecule has 1 unspecified atom stereocenters. The molecule has 1 heterocycles. The van der Waals surface area contributed by atoms with Crippen LogP contribution in [0.1, 0.15) is 15.9 Å². The Morgan fingerprint density at radius 3 is 3.00 bits per heavy atom. The number of hydrogen-bond donors (Lipinski definition) is 1. The maximum atomic E-state index is 13.6. The van der Waals surface area contributed by atoms with Crippen molar-refractivity contribution in [2.75, 3.05) is 33.3 Å². The molecule has 1 aromatic rings. The lowest BCUT2D eigenvalue weighted by atomic mass is 10.1. The molecule has 1 atom stereocenters. The van der Waals surface area contributed by atoms with Gasteiger partial charge in [0.05, 0.1) is 23.3 Å². The molecule has 1 fully saturated rings. The Bertz CT molecular complexity index is 504. The van der Waals surface area contributed by atoms with Crippen molar-refractivity contribution in [3.63, 3.8) is 0 Å². The Balaban J connectivity index is 2.08. The summed E-state index contributed by atoms with van der Waals surface area (Å²) < 4.78 is 19.1. The average molecular weight is 301 g/mol. The van der Waals surface area contributed by atoms with E-state index in [-0.39, 0.29) is 22.6 Å². The molecule has 1 aliphatic heterocycles. The van der Waals surface area contributed by atoms with E-state index < -0.39 is 5.82 Å². The van der Waals surface area contributed by atoms with Crippen LogP contribution in [0.2, 0.25) is 5.02 Å². The number of amides is 1. The molecule has 6 heteroatoms. The molecule has 20 heavy (non-hydrogen) atoms. The van der Waals surface area contributed by atoms with Gasteiger partial charge < -0.3 is 15.0 Å². The summed E-state index contributed by atoms with van der Waals surface area (Å²) in [6.07, 6.45) is -0.0493. The normalized spacial score (nSPS) is 18.9. The smallest absolute Gasteiger partial charge is 0.255 e. The Morgan fingerprint density at radius 1 is 1.60 bits per heavy atom. The van der Waals surface area contributed by atoms with Gasteiger partial charge in [0.1, 0.15) is 5.82 Å². The van der Waals surface area contributed by atoms with Crippen molar-refractivity contribution >= 4 is 17.5 Å². The van der Waals surface area contributed by atoms with Crippen molar-refractivity contribution in [2.24, 2.45) is 0 Å². The van der Waals surface area contributed by atoms with Gasteiger partial charge in [-0.25, -0.2) is 4.39 Å². The second kappa shape index (κ2) is 6.52. The lowest BCUT2D eigenvalue weighted by Gasteiger charge is -2.28. The van der Waals surface area contributed by atoms with Gasteiger partial charge in [-0.2, -0.15) is 0 Å². The predicted octanol–water partition coefficient (Wildman–Crippen LogP) is 1.85. The van der Waals surface area contributed by atoms with E-state index in [1.807, 2.05) is 0 Å². The highest BCUT2D eigenvalue weighted by Gasteiger charge is 2.21. The second-order valence-electron chi connectivity index (χ2n) is 4.96. The summed E-state index contributed by atoms with van der Waals surface area (Å²) in [5, 5.41) is 3.46. The van der Waals surface area contributed by atoms with Crippen LogP contribution < -0.4 is 5.32 Å². The number of hydrogen-bond acceptors (Lipinski definition) is 3. The number of benzene rings is 1. The maximum Gasteiger partial charge on any atom is 0.255 e. The van der Waals surface area contributed by atoms with Gasteiger partial charge in [-0.15, -0.1) is 0 Å². The lowest BCUT2D eigenvalue weighted by Crippen LogP contribution is -2.45. The van der Waals surface area contributed by atoms with Crippen LogP contribution in [0.5, 0.6) is 0 Å². The molecule has 0 spiro atoms. The number of carbonyl (C=O) groups excluding carboxylic acids is 1. The minimum Gasteiger partial charge on any atom is -0.374 e. The standard InChI is InChI=1S/C14H18ClFN2O2/c1-9-5-12(15)11(6-13(9)16)14(19)18(2)8-10-7-17-3-4-20-10/h5-6,10,17H,3-4,7-8H2,1-2H3. The van der Waals surface area contributed by atoms with Gasteiger partial charge in [-0.05, 0) is 24.6 Å². The molecule has 1 saturated heterocycles. The van der Waals surface area contributed by atoms with Crippen LogP contribution in [0.25, 0.3) is 0 Å². The number of ether oxygens (including phenoxy) is 1. The Kier molecular flexibility index (Phi) is 4.96. The molecule has 1 N–H and O–H groups in total. The summed E-state index contributed by atoms with van der Waals surface area (Å²) in [6.45, 7) is 4.21. The van der Waals surface area contributed by atoms with Crippen molar-refractivity contribution in [3.05, 3.63) is 34.1 Å². The zero-order valence-electron chi connectivity index (χ0n) is 11.6. The fraction of sp³-hybridized carbons (Fsp3) is 0.500. The molecule has 110 valence electrons. The predicted molar refractivity (Wildman–Crippen MR) is 75.7 cm³/mol. The highest BCUT2D eigenvalue weighted by Crippen LogP contribution is 2.21. The number of nitrogens with zero attached hydrogens (tertiary/aromatic N) is 1. The Labute approximate surface area is 122 Å². The van der Waals surface area contributed by atoms with Crippen LogP contribution in [0.15, 0.2) is 12.1 Å². The number of morpholine rings is 1. The molecule has 0 aliphatic carbocycles. The summed E-state index contributed by atoms with van der Waals surface area (Å²) in [4.78, 5) is 13.8. The molecule has 1 aromatic carbocycles. The maximum absolute atomic E-state index is 13.6. The van der Waals surface area contributed by atoms with Gasteiger partial charge in [-0.1, -0.05) is 11.6 Å². The van der Waals surface area contributed by atoms with E-state index in [9.17, 15) is 9.18 Å². The van der Waals surface area contributed by atoms with Crippen LogP contribution in [0.4, 0.5) is 4.39 Å². The summed E-state index contributed by atoms with van der Waals surface area (Å²) in [5.41, 5.74) is 0.607. The molecule has 0 saturated carbocycles. The van der Waals surface area contributed by atoms with E-state index >= 15 is 0 Å². The van der Waals surface area contributed by atoms with Crippen LogP contribution in [0.3, 0.4) is 0 Å². The molecule has 2 rings (SSSR count). The first kappa shape index (κ1) is 15.2. The quantitative estimate of drug-likeness (QED) is 0.926. The molecule has 4 nitrogen and oxygen atoms in total. The number of rotatable bonds is 3. The zero-order chi connectivity index (χ0) is 14.7. The molecule has 1 aliphatic rings. The Hall–Kier alpha value is -1.17. The van der Waals surface area contributed by atoms with Crippen LogP contribution in [0, 0.1) is 12.7 Å². The minimum absolute atomic E-state index is 0.0493. The third-order valence-corrected chi connectivity index (χ3v) is 3.62. The summed E-state index contributed by atoms with van der Waals surface area (Å²) in [6, 6.07) is 2.66. The van der Waals surface area contributed by atoms with Crippen LogP contribution >= 0.6 is 11.6 Å². The first-order valence-corrected chi connectivity index (χ1v) is 6.90. The third-order valence-electron chi connectivity index (χ3n) is 3.31. The largest absolute Gasteiger partial charge is 0.374 e. The Morgan fingerprint density at radius 2 is 2.35 bits per heavy atom. The van der Waals surface area contributed by atoms with Gasteiger partial charge in [0, 0.05) is 26.7 Å². The van der Waals surface area contributed by atoms with Crippen LogP contribution in [-0.2, 0) is 4.74 Å². The third kappa shape index (κ3) is 3.48. The number of nitrogens with one attached hydrogen (secondary N) is 1. The topological polar surface area (TPSA) is 41.6 Å². The van der Waals surface area contributed by atoms with E-state index in [0.29, 0.717) is 25.3 Å². The van der Waals surface area contributed by atoms with E-state index in [1.165, 1.54) is 17.0 Å². The highest BCUT2D eigenvalue weighted by atomic mass is 35.5. The minimum atomic E-state index is -0.429. The van der Waals surface area contributed by atoms with E-state index in [1.54, 1.807) is 14.0 Å². The summed E-state index contributed by atoms with van der Waals surface area (Å²) in [7, 11) is 1.66. The second-order valence-corrected chi connectivity index (χ2v) is 5.37. The zero-order valence-corrected chi connectivity index (χ0v) is 12.3. The monoisotopic (exact) mass is 300 g/mol. The van der Waals surface area contributed by atoms with Gasteiger partial charge in [0.25, 0.3) is 5.91 Å². The number of aryl methyl sites for hydroxylation is 1. The molecule has 0 aromatic heterocycles. The first-order chi connectivity index (χ1) is 9.49. The fourth-order valence-corrected chi connectivity index (χ4v) is 2.44. The van der Waals surface area contributed by atoms with E-state index in [2.05, 4.69) is 5.32 Å². The molecule has 0 radical (unpaired) electrons. The SMILES string of the molecule is Cc1cc(Cl)c(C(=O)N(C)CC2CNCCO2)cc1F. The number of halogens is 2. The van der Waals surface area contributed by atoms with Crippen molar-refractivity contribution < 1.29 is 13.9 Å². The number of likely N-dealkylation sites (N-methyl/N-ethyl adjacent to an activating group) is 1. The fourth-order valence-electron chi connectivity index (χ4n) is 2.14. The van der Waals surface area contributed by atoms with Gasteiger partial charge >= 0.3 is 0 Å². The van der Waals surface area contributed by atoms with Crippen molar-refractivity contribution in [2.45, 2.75) is 13.0 Å². The highest BCUT2D eigenvalue weighted by molar-refractivity contribution is 6.33. The van der Waals surface area contributed by atoms with Gasteiger partial charge in [-0.3, -0.25) is 4.79 Å². The van der Waals surface area contributed by atoms with Crippen LogP contribution in [-0.4, -0.2) is 50.2 Å². The summed E-state index contributed by atoms with van der Waals surface area (Å²) in [5.74, 6) is -0.732. The molecular formula is C14H18ClFN2O2. The van der Waals surface area contributed by atoms with Crippen molar-refractivity contribution in [3.8, 4) is 0 Å². The molecular weight excluding hydrogens is 283 g/mol. The average Bonchev–Trinajstić information content (AvgIpc) is 2.43. The first-order valence-electron chi connectivity index (χ1n) is 6.52. The molecule has 1 amide bonds. The molecule has 0 bridgehead atoms. The van der Waals surface area contributed by atoms with Gasteiger partial charge in [0.2, 0.25) is 0 Å². The van der Waals surface area contributed by atoms with E-state index in [4.69, 9.17) is 16.3 Å². The van der Waals surface area contributed by atoms with E-state index in [0.717, 1.165) is 6.54 Å². The lowest BCUT2D eigenvalue weighted by molar-refractivity contribution is 0.0104. The van der Waals surface area contributed by atoms with Gasteiger partial charge in [0.15, 0.2) is 0 Å².